The second-order valence-electron chi connectivity index (χ2n) is 3.56. The Balaban J connectivity index is 3.12. The lowest BCUT2D eigenvalue weighted by Crippen LogP contribution is -2.14. The number of nitrogen functional groups attached to an aromatic ring is 1. The number of aryl methyl sites for hydroxylation is 1. The fourth-order valence-corrected chi connectivity index (χ4v) is 1.33. The number of rotatable bonds is 3. The molecule has 76 valence electrons. The smallest absolute Gasteiger partial charge is 0.169 e. The van der Waals surface area contributed by atoms with Crippen molar-refractivity contribution < 1.29 is 4.79 Å². The predicted molar refractivity (Wildman–Crippen MR) is 57.2 cm³/mol. The van der Waals surface area contributed by atoms with Crippen LogP contribution in [0.4, 0.5) is 5.82 Å². The first-order valence-corrected chi connectivity index (χ1v) is 4.83. The Kier molecular flexibility index (Phi) is 3.23. The molecule has 0 fully saturated rings. The van der Waals surface area contributed by atoms with Gasteiger partial charge >= 0.3 is 0 Å². The molecule has 3 nitrogen and oxygen atoms in total. The van der Waals surface area contributed by atoms with Crippen LogP contribution in [0.25, 0.3) is 0 Å². The molecule has 0 aromatic carbocycles. The van der Waals surface area contributed by atoms with Gasteiger partial charge in [0.2, 0.25) is 0 Å². The highest BCUT2D eigenvalue weighted by atomic mass is 16.1. The molecule has 2 N–H and O–H groups in total. The summed E-state index contributed by atoms with van der Waals surface area (Å²) in [6, 6.07) is 1.81. The molecule has 0 amide bonds. The van der Waals surface area contributed by atoms with E-state index in [9.17, 15) is 4.79 Å². The quantitative estimate of drug-likeness (QED) is 0.747. The Bertz CT molecular complexity index is 327. The van der Waals surface area contributed by atoms with Crippen LogP contribution in [-0.4, -0.2) is 10.8 Å². The van der Waals surface area contributed by atoms with Crippen molar-refractivity contribution in [2.24, 2.45) is 5.92 Å². The lowest BCUT2D eigenvalue weighted by atomic mass is 9.95. The first kappa shape index (κ1) is 10.7. The molecule has 0 bridgehead atoms. The number of Topliss-reactive ketones (excluding diaryl/α,β-unsaturated/α-hetero) is 1. The highest BCUT2D eigenvalue weighted by molar-refractivity contribution is 6.02. The zero-order valence-electron chi connectivity index (χ0n) is 8.87. The number of ketones is 1. The van der Waals surface area contributed by atoms with Gasteiger partial charge in [0.05, 0.1) is 5.56 Å². The van der Waals surface area contributed by atoms with Crippen LogP contribution < -0.4 is 5.73 Å². The number of carbonyl (C=O) groups is 1. The minimum absolute atomic E-state index is 0.0141. The molecule has 0 aliphatic heterocycles. The van der Waals surface area contributed by atoms with Crippen molar-refractivity contribution >= 4 is 11.6 Å². The van der Waals surface area contributed by atoms with Crippen LogP contribution in [-0.2, 0) is 0 Å². The van der Waals surface area contributed by atoms with Crippen LogP contribution in [0.5, 0.6) is 0 Å². The lowest BCUT2D eigenvalue weighted by molar-refractivity contribution is 0.0927. The van der Waals surface area contributed by atoms with Crippen LogP contribution in [0.2, 0.25) is 0 Å². The maximum Gasteiger partial charge on any atom is 0.169 e. The topological polar surface area (TPSA) is 56.0 Å². The summed E-state index contributed by atoms with van der Waals surface area (Å²) < 4.78 is 0. The number of anilines is 1. The minimum Gasteiger partial charge on any atom is -0.383 e. The predicted octanol–water partition coefficient (Wildman–Crippen LogP) is 2.20. The molecular formula is C11H16N2O. The van der Waals surface area contributed by atoms with E-state index in [2.05, 4.69) is 4.98 Å². The van der Waals surface area contributed by atoms with Crippen molar-refractivity contribution in [3.63, 3.8) is 0 Å². The molecule has 0 radical (unpaired) electrons. The zero-order chi connectivity index (χ0) is 10.7. The minimum atomic E-state index is 0.0141. The molecule has 1 atom stereocenters. The van der Waals surface area contributed by atoms with E-state index in [0.717, 1.165) is 12.0 Å². The van der Waals surface area contributed by atoms with Crippen molar-refractivity contribution in [1.29, 1.82) is 0 Å². The number of hydrogen-bond donors (Lipinski definition) is 1. The van der Waals surface area contributed by atoms with Crippen LogP contribution >= 0.6 is 0 Å². The number of nitrogens with two attached hydrogens (primary N) is 1. The number of nitrogens with zero attached hydrogens (tertiary/aromatic N) is 1. The Morgan fingerprint density at radius 3 is 2.79 bits per heavy atom. The summed E-state index contributed by atoms with van der Waals surface area (Å²) in [4.78, 5) is 15.8. The van der Waals surface area contributed by atoms with Crippen LogP contribution in [0.15, 0.2) is 12.3 Å². The van der Waals surface area contributed by atoms with Crippen LogP contribution in [0, 0.1) is 12.8 Å². The Labute approximate surface area is 84.3 Å². The lowest BCUT2D eigenvalue weighted by Gasteiger charge is -2.11. The molecule has 14 heavy (non-hydrogen) atoms. The summed E-state index contributed by atoms with van der Waals surface area (Å²) in [5.74, 6) is 0.450. The van der Waals surface area contributed by atoms with Gasteiger partial charge in [0, 0.05) is 12.1 Å². The number of pyridine rings is 1. The van der Waals surface area contributed by atoms with E-state index in [1.165, 1.54) is 0 Å². The first-order chi connectivity index (χ1) is 6.57. The summed E-state index contributed by atoms with van der Waals surface area (Å²) in [6.45, 7) is 5.78. The molecule has 1 aromatic rings. The summed E-state index contributed by atoms with van der Waals surface area (Å²) >= 11 is 0. The van der Waals surface area contributed by atoms with E-state index < -0.39 is 0 Å². The summed E-state index contributed by atoms with van der Waals surface area (Å²) in [6.07, 6.45) is 2.45. The highest BCUT2D eigenvalue weighted by Gasteiger charge is 2.18. The van der Waals surface area contributed by atoms with Gasteiger partial charge in [0.25, 0.3) is 0 Å². The van der Waals surface area contributed by atoms with Gasteiger partial charge in [-0.05, 0) is 25.0 Å². The van der Waals surface area contributed by atoms with E-state index >= 15 is 0 Å². The third-order valence-electron chi connectivity index (χ3n) is 2.49. The van der Waals surface area contributed by atoms with E-state index in [1.54, 1.807) is 6.20 Å². The average molecular weight is 192 g/mol. The third kappa shape index (κ3) is 1.92. The molecule has 0 spiro atoms. The molecule has 1 unspecified atom stereocenters. The summed E-state index contributed by atoms with van der Waals surface area (Å²) in [7, 11) is 0. The molecule has 0 aliphatic rings. The maximum absolute atomic E-state index is 11.9. The fraction of sp³-hybridized carbons (Fsp3) is 0.455. The molecule has 1 heterocycles. The SMILES string of the molecule is CCC(C)C(=O)c1c(C)ccnc1N. The standard InChI is InChI=1S/C11H16N2O/c1-4-7(2)10(14)9-8(3)5-6-13-11(9)12/h5-7H,4H2,1-3H3,(H2,12,13). The van der Waals surface area contributed by atoms with E-state index in [0.29, 0.717) is 11.4 Å². The van der Waals surface area contributed by atoms with Crippen molar-refractivity contribution in [3.05, 3.63) is 23.4 Å². The summed E-state index contributed by atoms with van der Waals surface area (Å²) in [5.41, 5.74) is 7.17. The molecule has 0 saturated heterocycles. The van der Waals surface area contributed by atoms with Gasteiger partial charge in [0.15, 0.2) is 5.78 Å². The van der Waals surface area contributed by atoms with E-state index in [1.807, 2.05) is 26.8 Å². The van der Waals surface area contributed by atoms with Gasteiger partial charge in [-0.2, -0.15) is 0 Å². The van der Waals surface area contributed by atoms with Gasteiger partial charge in [-0.3, -0.25) is 4.79 Å². The molecule has 1 rings (SSSR count). The molecule has 0 saturated carbocycles. The van der Waals surface area contributed by atoms with Gasteiger partial charge in [-0.1, -0.05) is 13.8 Å². The molecule has 3 heteroatoms. The Morgan fingerprint density at radius 1 is 1.64 bits per heavy atom. The van der Waals surface area contributed by atoms with Crippen LogP contribution in [0.1, 0.15) is 36.2 Å². The second-order valence-corrected chi connectivity index (χ2v) is 3.56. The normalized spacial score (nSPS) is 12.5. The van der Waals surface area contributed by atoms with Gasteiger partial charge < -0.3 is 5.73 Å². The second kappa shape index (κ2) is 4.22. The molecule has 1 aromatic heterocycles. The van der Waals surface area contributed by atoms with Crippen LogP contribution in [0.3, 0.4) is 0 Å². The van der Waals surface area contributed by atoms with Crippen molar-refractivity contribution in [2.45, 2.75) is 27.2 Å². The first-order valence-electron chi connectivity index (χ1n) is 4.83. The number of carbonyl (C=O) groups excluding carboxylic acids is 1. The van der Waals surface area contributed by atoms with Gasteiger partial charge in [-0.25, -0.2) is 4.98 Å². The number of hydrogen-bond acceptors (Lipinski definition) is 3. The maximum atomic E-state index is 11.9. The van der Waals surface area contributed by atoms with Crippen molar-refractivity contribution in [3.8, 4) is 0 Å². The van der Waals surface area contributed by atoms with Crippen molar-refractivity contribution in [1.82, 2.24) is 4.98 Å². The number of aromatic nitrogens is 1. The zero-order valence-corrected chi connectivity index (χ0v) is 8.87. The molecule has 0 aliphatic carbocycles. The van der Waals surface area contributed by atoms with Crippen molar-refractivity contribution in [2.75, 3.05) is 5.73 Å². The molecular weight excluding hydrogens is 176 g/mol. The van der Waals surface area contributed by atoms with Gasteiger partial charge in [-0.15, -0.1) is 0 Å². The average Bonchev–Trinajstić information content (AvgIpc) is 2.16. The third-order valence-corrected chi connectivity index (χ3v) is 2.49. The monoisotopic (exact) mass is 192 g/mol. The largest absolute Gasteiger partial charge is 0.383 e. The summed E-state index contributed by atoms with van der Waals surface area (Å²) in [5, 5.41) is 0. The van der Waals surface area contributed by atoms with E-state index in [-0.39, 0.29) is 11.7 Å². The fourth-order valence-electron chi connectivity index (χ4n) is 1.33. The highest BCUT2D eigenvalue weighted by Crippen LogP contribution is 2.19. The Morgan fingerprint density at radius 2 is 2.29 bits per heavy atom. The van der Waals surface area contributed by atoms with E-state index in [4.69, 9.17) is 5.73 Å². The Hall–Kier alpha value is -1.38. The van der Waals surface area contributed by atoms with Gasteiger partial charge in [0.1, 0.15) is 5.82 Å².